The van der Waals surface area contributed by atoms with E-state index in [1.54, 1.807) is 24.3 Å². The average Bonchev–Trinajstić information content (AvgIpc) is 2.92. The topological polar surface area (TPSA) is 0 Å². The second-order valence-corrected chi connectivity index (χ2v) is 10.3. The zero-order chi connectivity index (χ0) is 26.5. The number of benzene rings is 3. The van der Waals surface area contributed by atoms with Gasteiger partial charge in [0.05, 0.1) is 5.56 Å². The van der Waals surface area contributed by atoms with E-state index in [2.05, 4.69) is 6.92 Å². The van der Waals surface area contributed by atoms with E-state index < -0.39 is 51.7 Å². The summed E-state index contributed by atoms with van der Waals surface area (Å²) in [5, 5.41) is 0. The van der Waals surface area contributed by atoms with Crippen LogP contribution >= 0.6 is 0 Å². The molecule has 3 aromatic rings. The fourth-order valence-corrected chi connectivity index (χ4v) is 6.24. The third-order valence-electron chi connectivity index (χ3n) is 8.12. The molecule has 4 rings (SSSR count). The monoisotopic (exact) mass is 514 g/mol. The molecule has 0 aromatic heterocycles. The Bertz CT molecular complexity index is 1170. The van der Waals surface area contributed by atoms with Gasteiger partial charge < -0.3 is 0 Å². The van der Waals surface area contributed by atoms with Crippen LogP contribution in [0.3, 0.4) is 0 Å². The van der Waals surface area contributed by atoms with Gasteiger partial charge in [0.2, 0.25) is 0 Å². The molecule has 5 heteroatoms. The van der Waals surface area contributed by atoms with Crippen LogP contribution in [0, 0.1) is 40.9 Å². The molecule has 1 saturated carbocycles. The molecule has 0 heterocycles. The molecule has 3 unspecified atom stereocenters. The zero-order valence-electron chi connectivity index (χ0n) is 21.6. The van der Waals surface area contributed by atoms with Crippen molar-refractivity contribution in [1.82, 2.24) is 0 Å². The number of hydrogen-bond donors (Lipinski definition) is 0. The molecule has 0 saturated heterocycles. The summed E-state index contributed by atoms with van der Waals surface area (Å²) >= 11 is 0. The maximum absolute atomic E-state index is 15.6. The highest BCUT2D eigenvalue weighted by Gasteiger charge is 2.37. The van der Waals surface area contributed by atoms with Crippen LogP contribution in [-0.2, 0) is 0 Å². The van der Waals surface area contributed by atoms with Crippen LogP contribution in [0.25, 0.3) is 22.3 Å². The van der Waals surface area contributed by atoms with Gasteiger partial charge in [0, 0.05) is 11.1 Å². The van der Waals surface area contributed by atoms with Crippen molar-refractivity contribution < 1.29 is 22.0 Å². The summed E-state index contributed by atoms with van der Waals surface area (Å²) in [6, 6.07) is 12.7. The van der Waals surface area contributed by atoms with E-state index in [4.69, 9.17) is 0 Å². The average molecular weight is 515 g/mol. The van der Waals surface area contributed by atoms with E-state index >= 15 is 22.0 Å². The summed E-state index contributed by atoms with van der Waals surface area (Å²) in [5.74, 6) is -7.19. The summed E-state index contributed by atoms with van der Waals surface area (Å²) in [4.78, 5) is 0. The van der Waals surface area contributed by atoms with E-state index in [9.17, 15) is 0 Å². The Labute approximate surface area is 216 Å². The standard InChI is InChI=1S/C32H35F5/c1-3-5-7-14-21-15-10-11-16-24(21)23(4-2)27-29(34)31(36)28(32(37)30(27)35)25-18-17-22(19-26(25)33)20-12-8-6-9-13-20/h6,8-9,12-13,17-19,21,23-24H,3-5,7,10-11,14-16H2,1-2H3. The lowest BCUT2D eigenvalue weighted by Crippen LogP contribution is -2.27. The Balaban J connectivity index is 1.74. The van der Waals surface area contributed by atoms with Crippen molar-refractivity contribution in [3.05, 3.63) is 83.2 Å². The van der Waals surface area contributed by atoms with Gasteiger partial charge >= 0.3 is 0 Å². The van der Waals surface area contributed by atoms with Crippen molar-refractivity contribution >= 4 is 0 Å². The normalized spacial score (nSPS) is 18.7. The van der Waals surface area contributed by atoms with Crippen LogP contribution in [0.2, 0.25) is 0 Å². The summed E-state index contributed by atoms with van der Waals surface area (Å²) in [7, 11) is 0. The molecule has 0 N–H and O–H groups in total. The van der Waals surface area contributed by atoms with Gasteiger partial charge in [-0.3, -0.25) is 0 Å². The lowest BCUT2D eigenvalue weighted by Gasteiger charge is -2.38. The minimum atomic E-state index is -1.53. The molecule has 198 valence electrons. The molecule has 0 bridgehead atoms. The van der Waals surface area contributed by atoms with Crippen molar-refractivity contribution in [2.45, 2.75) is 77.6 Å². The molecule has 3 aromatic carbocycles. The van der Waals surface area contributed by atoms with Gasteiger partial charge in [0.1, 0.15) is 5.82 Å². The van der Waals surface area contributed by atoms with Gasteiger partial charge in [-0.25, -0.2) is 22.0 Å². The first-order chi connectivity index (χ1) is 17.9. The third kappa shape index (κ3) is 5.61. The fourth-order valence-electron chi connectivity index (χ4n) is 6.24. The van der Waals surface area contributed by atoms with Gasteiger partial charge in [0.15, 0.2) is 23.3 Å². The largest absolute Gasteiger partial charge is 0.206 e. The van der Waals surface area contributed by atoms with E-state index in [1.165, 1.54) is 12.1 Å². The van der Waals surface area contributed by atoms with Crippen molar-refractivity contribution in [3.63, 3.8) is 0 Å². The van der Waals surface area contributed by atoms with Crippen LogP contribution in [-0.4, -0.2) is 0 Å². The lowest BCUT2D eigenvalue weighted by molar-refractivity contribution is 0.177. The quantitative estimate of drug-likeness (QED) is 0.151. The predicted octanol–water partition coefficient (Wildman–Crippen LogP) is 10.6. The Kier molecular flexibility index (Phi) is 9.04. The summed E-state index contributed by atoms with van der Waals surface area (Å²) in [5.41, 5.74) is -0.794. The molecule has 0 amide bonds. The van der Waals surface area contributed by atoms with Gasteiger partial charge in [-0.15, -0.1) is 0 Å². The molecule has 0 nitrogen and oxygen atoms in total. The van der Waals surface area contributed by atoms with Crippen LogP contribution in [0.5, 0.6) is 0 Å². The SMILES string of the molecule is CCCCCC1CCCCC1C(CC)c1c(F)c(F)c(-c2ccc(-c3ccccc3)cc2F)c(F)c1F. The molecule has 37 heavy (non-hydrogen) atoms. The molecule has 1 aliphatic carbocycles. The predicted molar refractivity (Wildman–Crippen MR) is 140 cm³/mol. The molecular weight excluding hydrogens is 479 g/mol. The minimum Gasteiger partial charge on any atom is -0.206 e. The van der Waals surface area contributed by atoms with Crippen LogP contribution in [0.15, 0.2) is 48.5 Å². The van der Waals surface area contributed by atoms with Crippen LogP contribution in [0.1, 0.15) is 83.1 Å². The maximum Gasteiger partial charge on any atom is 0.170 e. The van der Waals surface area contributed by atoms with Gasteiger partial charge in [-0.1, -0.05) is 101 Å². The number of unbranched alkanes of at least 4 members (excludes halogenated alkanes) is 2. The fraction of sp³-hybridized carbons (Fsp3) is 0.438. The summed E-state index contributed by atoms with van der Waals surface area (Å²) in [6.45, 7) is 3.94. The molecule has 1 fully saturated rings. The minimum absolute atomic E-state index is 0.0360. The molecule has 3 atom stereocenters. The number of halogens is 5. The van der Waals surface area contributed by atoms with Crippen molar-refractivity contribution in [1.29, 1.82) is 0 Å². The highest BCUT2D eigenvalue weighted by molar-refractivity contribution is 5.72. The van der Waals surface area contributed by atoms with Crippen LogP contribution in [0.4, 0.5) is 22.0 Å². The number of hydrogen-bond acceptors (Lipinski definition) is 0. The smallest absolute Gasteiger partial charge is 0.170 e. The Morgan fingerprint density at radius 1 is 0.757 bits per heavy atom. The van der Waals surface area contributed by atoms with Crippen molar-refractivity contribution in [3.8, 4) is 22.3 Å². The molecule has 0 radical (unpaired) electrons. The highest BCUT2D eigenvalue weighted by atomic mass is 19.2. The molecule has 0 spiro atoms. The van der Waals surface area contributed by atoms with E-state index in [0.29, 0.717) is 17.5 Å². The first-order valence-corrected chi connectivity index (χ1v) is 13.6. The maximum atomic E-state index is 15.6. The summed E-state index contributed by atoms with van der Waals surface area (Å²) < 4.78 is 77.2. The lowest BCUT2D eigenvalue weighted by atomic mass is 9.67. The second kappa shape index (κ2) is 12.2. The molecular formula is C32H35F5. The van der Waals surface area contributed by atoms with Crippen molar-refractivity contribution in [2.75, 3.05) is 0 Å². The van der Waals surface area contributed by atoms with Gasteiger partial charge in [0.25, 0.3) is 0 Å². The Morgan fingerprint density at radius 2 is 1.43 bits per heavy atom. The first kappa shape index (κ1) is 27.3. The molecule has 1 aliphatic rings. The van der Waals surface area contributed by atoms with E-state index in [-0.39, 0.29) is 11.8 Å². The van der Waals surface area contributed by atoms with Gasteiger partial charge in [-0.05, 0) is 47.8 Å². The first-order valence-electron chi connectivity index (χ1n) is 13.6. The number of rotatable bonds is 9. The molecule has 0 aliphatic heterocycles. The van der Waals surface area contributed by atoms with E-state index in [1.807, 2.05) is 13.0 Å². The second-order valence-electron chi connectivity index (χ2n) is 10.3. The van der Waals surface area contributed by atoms with Gasteiger partial charge in [-0.2, -0.15) is 0 Å². The zero-order valence-corrected chi connectivity index (χ0v) is 21.6. The third-order valence-corrected chi connectivity index (χ3v) is 8.12. The van der Waals surface area contributed by atoms with E-state index in [0.717, 1.165) is 57.4 Å². The van der Waals surface area contributed by atoms with Crippen LogP contribution < -0.4 is 0 Å². The highest BCUT2D eigenvalue weighted by Crippen LogP contribution is 2.47. The van der Waals surface area contributed by atoms with Crippen molar-refractivity contribution in [2.24, 2.45) is 11.8 Å². The Hall–Kier alpha value is -2.69. The Morgan fingerprint density at radius 3 is 2.05 bits per heavy atom. The summed E-state index contributed by atoms with van der Waals surface area (Å²) in [6.07, 6.45) is 8.31.